The number of Topliss-reactive ketones (excluding diaryl/α,β-unsaturated/α-hetero) is 1. The van der Waals surface area contributed by atoms with Gasteiger partial charge in [-0.3, -0.25) is 4.79 Å². The van der Waals surface area contributed by atoms with Crippen molar-refractivity contribution in [2.75, 3.05) is 5.75 Å². The molecule has 3 heteroatoms. The molecule has 0 heterocycles. The van der Waals surface area contributed by atoms with E-state index in [2.05, 4.69) is 33.8 Å². The second-order valence-electron chi connectivity index (χ2n) is 6.70. The Morgan fingerprint density at radius 1 is 1.16 bits per heavy atom. The van der Waals surface area contributed by atoms with Crippen LogP contribution < -0.4 is 0 Å². The SMILES string of the molecule is CC1(C)CCC(C)(C)c2cc(C(=O)CSF)ccc21. The normalized spacial score (nSPS) is 19.8. The maximum atomic E-state index is 12.2. The summed E-state index contributed by atoms with van der Waals surface area (Å²) < 4.78 is 12.2. The van der Waals surface area contributed by atoms with E-state index in [9.17, 15) is 8.68 Å². The summed E-state index contributed by atoms with van der Waals surface area (Å²) in [4.78, 5) is 11.8. The summed E-state index contributed by atoms with van der Waals surface area (Å²) in [6.07, 6.45) is 2.27. The van der Waals surface area contributed by atoms with E-state index in [1.165, 1.54) is 11.1 Å². The van der Waals surface area contributed by atoms with E-state index >= 15 is 0 Å². The van der Waals surface area contributed by atoms with Gasteiger partial charge in [-0.15, -0.1) is 0 Å². The maximum Gasteiger partial charge on any atom is 0.175 e. The highest BCUT2D eigenvalue weighted by molar-refractivity contribution is 7.95. The first-order valence-corrected chi connectivity index (χ1v) is 7.58. The number of ketones is 1. The first kappa shape index (κ1) is 14.6. The molecule has 0 fully saturated rings. The zero-order valence-corrected chi connectivity index (χ0v) is 12.9. The Labute approximate surface area is 119 Å². The topological polar surface area (TPSA) is 17.1 Å². The Bertz CT molecular complexity index is 505. The molecule has 1 aliphatic carbocycles. The standard InChI is InChI=1S/C16H21FOS/c1-15(2)7-8-16(3,4)13-9-11(5-6-12(13)15)14(18)10-19-17/h5-6,9H,7-8,10H2,1-4H3. The van der Waals surface area contributed by atoms with Crippen LogP contribution in [0.2, 0.25) is 0 Å². The quantitative estimate of drug-likeness (QED) is 0.737. The number of fused-ring (bicyclic) bond motifs is 1. The van der Waals surface area contributed by atoms with E-state index in [-0.39, 0.29) is 34.5 Å². The van der Waals surface area contributed by atoms with Crippen LogP contribution in [0.3, 0.4) is 0 Å². The number of carbonyl (C=O) groups is 1. The van der Waals surface area contributed by atoms with E-state index in [0.29, 0.717) is 5.56 Å². The van der Waals surface area contributed by atoms with Gasteiger partial charge in [-0.1, -0.05) is 39.8 Å². The van der Waals surface area contributed by atoms with Gasteiger partial charge < -0.3 is 0 Å². The van der Waals surface area contributed by atoms with Gasteiger partial charge in [0.05, 0.1) is 17.9 Å². The molecule has 0 aliphatic heterocycles. The van der Waals surface area contributed by atoms with Crippen molar-refractivity contribution in [3.05, 3.63) is 34.9 Å². The molecule has 2 rings (SSSR count). The van der Waals surface area contributed by atoms with Crippen LogP contribution in [0.15, 0.2) is 18.2 Å². The highest BCUT2D eigenvalue weighted by Crippen LogP contribution is 2.45. The van der Waals surface area contributed by atoms with Gasteiger partial charge in [0.2, 0.25) is 0 Å². The van der Waals surface area contributed by atoms with E-state index in [4.69, 9.17) is 0 Å². The maximum absolute atomic E-state index is 12.2. The van der Waals surface area contributed by atoms with Crippen LogP contribution in [-0.2, 0) is 10.8 Å². The van der Waals surface area contributed by atoms with Crippen molar-refractivity contribution >= 4 is 17.9 Å². The second-order valence-corrected chi connectivity index (χ2v) is 7.21. The molecule has 0 atom stereocenters. The van der Waals surface area contributed by atoms with Gasteiger partial charge in [0.15, 0.2) is 5.78 Å². The summed E-state index contributed by atoms with van der Waals surface area (Å²) in [6.45, 7) is 8.94. The molecule has 19 heavy (non-hydrogen) atoms. The highest BCUT2D eigenvalue weighted by Gasteiger charge is 2.37. The van der Waals surface area contributed by atoms with Gasteiger partial charge in [-0.2, -0.15) is 3.89 Å². The summed E-state index contributed by atoms with van der Waals surface area (Å²) in [6, 6.07) is 5.89. The third kappa shape index (κ3) is 2.71. The Morgan fingerprint density at radius 3 is 2.32 bits per heavy atom. The molecule has 1 aromatic carbocycles. The van der Waals surface area contributed by atoms with Crippen LogP contribution >= 0.6 is 12.1 Å². The fraction of sp³-hybridized carbons (Fsp3) is 0.562. The smallest absolute Gasteiger partial charge is 0.175 e. The molecule has 1 aliphatic rings. The van der Waals surface area contributed by atoms with E-state index < -0.39 is 0 Å². The third-order valence-electron chi connectivity index (χ3n) is 4.36. The minimum atomic E-state index is -0.130. The second kappa shape index (κ2) is 4.93. The molecule has 0 radical (unpaired) electrons. The molecule has 0 unspecified atom stereocenters. The number of hydrogen-bond acceptors (Lipinski definition) is 2. The summed E-state index contributed by atoms with van der Waals surface area (Å²) in [7, 11) is 0. The van der Waals surface area contributed by atoms with Crippen molar-refractivity contribution in [1.29, 1.82) is 0 Å². The monoisotopic (exact) mass is 280 g/mol. The lowest BCUT2D eigenvalue weighted by atomic mass is 9.63. The van der Waals surface area contributed by atoms with Gasteiger partial charge in [-0.05, 0) is 40.9 Å². The molecule has 0 amide bonds. The molecule has 104 valence electrons. The van der Waals surface area contributed by atoms with Crippen molar-refractivity contribution < 1.29 is 8.68 Å². The third-order valence-corrected chi connectivity index (χ3v) is 4.73. The number of halogens is 1. The molecule has 0 saturated carbocycles. The van der Waals surface area contributed by atoms with Crippen LogP contribution in [-0.4, -0.2) is 11.5 Å². The van der Waals surface area contributed by atoms with E-state index in [0.717, 1.165) is 12.8 Å². The van der Waals surface area contributed by atoms with Crippen molar-refractivity contribution in [2.45, 2.75) is 51.4 Å². The van der Waals surface area contributed by atoms with Crippen LogP contribution in [0.25, 0.3) is 0 Å². The average Bonchev–Trinajstić information content (AvgIpc) is 2.35. The minimum Gasteiger partial charge on any atom is -0.293 e. The van der Waals surface area contributed by atoms with Crippen molar-refractivity contribution in [3.8, 4) is 0 Å². The number of benzene rings is 1. The number of rotatable bonds is 3. The first-order chi connectivity index (χ1) is 8.78. The lowest BCUT2D eigenvalue weighted by molar-refractivity contribution is 0.102. The molecule has 1 nitrogen and oxygen atoms in total. The van der Waals surface area contributed by atoms with Gasteiger partial charge in [-0.25, -0.2) is 0 Å². The van der Waals surface area contributed by atoms with E-state index in [1.807, 2.05) is 12.1 Å². The van der Waals surface area contributed by atoms with Crippen LogP contribution in [0, 0.1) is 0 Å². The van der Waals surface area contributed by atoms with Crippen molar-refractivity contribution in [1.82, 2.24) is 0 Å². The first-order valence-electron chi connectivity index (χ1n) is 6.70. The van der Waals surface area contributed by atoms with E-state index in [1.54, 1.807) is 0 Å². The fourth-order valence-electron chi connectivity index (χ4n) is 2.90. The molecule has 0 spiro atoms. The summed E-state index contributed by atoms with van der Waals surface area (Å²) in [5, 5.41) is 0. The van der Waals surface area contributed by atoms with Crippen molar-refractivity contribution in [2.24, 2.45) is 0 Å². The molecule has 0 bridgehead atoms. The lowest BCUT2D eigenvalue weighted by Gasteiger charge is -2.42. The minimum absolute atomic E-state index is 0.0873. The Hall–Kier alpha value is -0.830. The Kier molecular flexibility index (Phi) is 3.78. The zero-order chi connectivity index (χ0) is 14.3. The van der Waals surface area contributed by atoms with Gasteiger partial charge >= 0.3 is 0 Å². The molecule has 0 N–H and O–H groups in total. The molecule has 0 aromatic heterocycles. The molecular weight excluding hydrogens is 259 g/mol. The summed E-state index contributed by atoms with van der Waals surface area (Å²) in [5.74, 6) is -0.225. The van der Waals surface area contributed by atoms with Gasteiger partial charge in [0, 0.05) is 5.56 Å². The summed E-state index contributed by atoms with van der Waals surface area (Å²) >= 11 is 0.0921. The fourth-order valence-corrected chi connectivity index (χ4v) is 3.16. The van der Waals surface area contributed by atoms with Crippen LogP contribution in [0.4, 0.5) is 3.89 Å². The van der Waals surface area contributed by atoms with Crippen molar-refractivity contribution in [3.63, 3.8) is 0 Å². The predicted molar refractivity (Wildman–Crippen MR) is 79.6 cm³/mol. The number of carbonyl (C=O) groups excluding carboxylic acids is 1. The van der Waals surface area contributed by atoms with Gasteiger partial charge in [0.1, 0.15) is 0 Å². The number of hydrogen-bond donors (Lipinski definition) is 0. The highest BCUT2D eigenvalue weighted by atomic mass is 32.2. The van der Waals surface area contributed by atoms with Gasteiger partial charge in [0.25, 0.3) is 0 Å². The Morgan fingerprint density at radius 2 is 1.74 bits per heavy atom. The lowest BCUT2D eigenvalue weighted by Crippen LogP contribution is -2.34. The average molecular weight is 280 g/mol. The predicted octanol–water partition coefficient (Wildman–Crippen LogP) is 4.84. The van der Waals surface area contributed by atoms with Crippen LogP contribution in [0.1, 0.15) is 62.0 Å². The zero-order valence-electron chi connectivity index (χ0n) is 12.0. The van der Waals surface area contributed by atoms with Crippen LogP contribution in [0.5, 0.6) is 0 Å². The Balaban J connectivity index is 2.50. The molecular formula is C16H21FOS. The summed E-state index contributed by atoms with van der Waals surface area (Å²) in [5.41, 5.74) is 3.45. The molecule has 0 saturated heterocycles. The largest absolute Gasteiger partial charge is 0.293 e. The molecule has 1 aromatic rings.